The predicted molar refractivity (Wildman–Crippen MR) is 164 cm³/mol. The van der Waals surface area contributed by atoms with Gasteiger partial charge in [-0.1, -0.05) is 54.4 Å². The number of nitrogens with zero attached hydrogens (tertiary/aromatic N) is 2. The van der Waals surface area contributed by atoms with Gasteiger partial charge in [-0.25, -0.2) is 4.98 Å². The van der Waals surface area contributed by atoms with Gasteiger partial charge in [-0.05, 0) is 80.6 Å². The molecule has 0 aliphatic rings. The number of hydrogen-bond donors (Lipinski definition) is 1. The number of rotatable bonds is 15. The topological polar surface area (TPSA) is 65.4 Å². The number of ether oxygens (including phenoxy) is 2. The summed E-state index contributed by atoms with van der Waals surface area (Å²) in [5.41, 5.74) is 3.89. The second-order valence-corrected chi connectivity index (χ2v) is 10.1. The highest BCUT2D eigenvalue weighted by Gasteiger charge is 2.11. The number of aryl methyl sites for hydroxylation is 2. The van der Waals surface area contributed by atoms with Crippen molar-refractivity contribution in [3.8, 4) is 11.5 Å². The fourth-order valence-corrected chi connectivity index (χ4v) is 4.93. The molecule has 3 aromatic carbocycles. The first-order valence-corrected chi connectivity index (χ1v) is 14.4. The van der Waals surface area contributed by atoms with Gasteiger partial charge in [-0.15, -0.1) is 0 Å². The van der Waals surface area contributed by atoms with E-state index in [0.29, 0.717) is 23.7 Å². The highest BCUT2D eigenvalue weighted by molar-refractivity contribution is 6.30. The van der Waals surface area contributed by atoms with Gasteiger partial charge in [0.1, 0.15) is 5.82 Å². The molecule has 7 heteroatoms. The molecule has 40 heavy (non-hydrogen) atoms. The third-order valence-corrected chi connectivity index (χ3v) is 7.00. The molecule has 1 amide bonds. The first-order chi connectivity index (χ1) is 19.6. The molecule has 0 saturated carbocycles. The standard InChI is InChI=1S/C33H38ClN3O3/c1-3-12-25-18-19-30(31(23-25)39-2)40-22-10-9-21-37-29-16-7-6-15-28(29)36-32(37)17-5-4-8-20-35-33(38)26-13-11-14-27(34)24-26/h3,6-7,11-16,18-19,23-24H,4-5,8-10,17,20-22H2,1-2H3,(H,35,38)/b12-3+. The fraction of sp³-hybridized carbons (Fsp3) is 0.333. The highest BCUT2D eigenvalue weighted by atomic mass is 35.5. The Morgan fingerprint density at radius 1 is 0.975 bits per heavy atom. The van der Waals surface area contributed by atoms with Crippen molar-refractivity contribution in [2.24, 2.45) is 0 Å². The van der Waals surface area contributed by atoms with Gasteiger partial charge in [-0.2, -0.15) is 0 Å². The number of methoxy groups -OCH3 is 1. The maximum Gasteiger partial charge on any atom is 0.251 e. The summed E-state index contributed by atoms with van der Waals surface area (Å²) in [6.07, 6.45) is 9.82. The number of amides is 1. The molecule has 0 fully saturated rings. The second kappa shape index (κ2) is 15.1. The Balaban J connectivity index is 1.23. The highest BCUT2D eigenvalue weighted by Crippen LogP contribution is 2.29. The minimum absolute atomic E-state index is 0.0858. The maximum atomic E-state index is 12.3. The van der Waals surface area contributed by atoms with E-state index in [9.17, 15) is 4.79 Å². The average molecular weight is 560 g/mol. The molecule has 4 aromatic rings. The quantitative estimate of drug-likeness (QED) is 0.151. The Labute approximate surface area is 242 Å². The number of benzene rings is 3. The zero-order valence-electron chi connectivity index (χ0n) is 23.4. The third-order valence-electron chi connectivity index (χ3n) is 6.76. The number of aromatic nitrogens is 2. The maximum absolute atomic E-state index is 12.3. The lowest BCUT2D eigenvalue weighted by Crippen LogP contribution is -2.24. The van der Waals surface area contributed by atoms with Gasteiger partial charge < -0.3 is 19.4 Å². The van der Waals surface area contributed by atoms with Crippen LogP contribution >= 0.6 is 11.6 Å². The fourth-order valence-electron chi connectivity index (χ4n) is 4.74. The summed E-state index contributed by atoms with van der Waals surface area (Å²) in [6, 6.07) is 21.3. The van der Waals surface area contributed by atoms with Gasteiger partial charge in [0.2, 0.25) is 0 Å². The van der Waals surface area contributed by atoms with Crippen LogP contribution in [0.15, 0.2) is 72.8 Å². The molecular weight excluding hydrogens is 522 g/mol. The lowest BCUT2D eigenvalue weighted by molar-refractivity contribution is 0.0953. The van der Waals surface area contributed by atoms with Crippen molar-refractivity contribution in [3.63, 3.8) is 0 Å². The molecule has 0 unspecified atom stereocenters. The number of carbonyl (C=O) groups is 1. The van der Waals surface area contributed by atoms with Gasteiger partial charge in [0.05, 0.1) is 24.8 Å². The zero-order valence-corrected chi connectivity index (χ0v) is 24.1. The van der Waals surface area contributed by atoms with E-state index in [-0.39, 0.29) is 5.91 Å². The van der Waals surface area contributed by atoms with E-state index in [1.807, 2.05) is 43.3 Å². The molecule has 0 radical (unpaired) electrons. The summed E-state index contributed by atoms with van der Waals surface area (Å²) in [7, 11) is 1.67. The molecule has 1 aromatic heterocycles. The van der Waals surface area contributed by atoms with Crippen LogP contribution in [0.25, 0.3) is 17.1 Å². The molecule has 1 N–H and O–H groups in total. The first kappa shape index (κ1) is 29.2. The first-order valence-electron chi connectivity index (χ1n) is 14.0. The summed E-state index contributed by atoms with van der Waals surface area (Å²) >= 11 is 5.99. The van der Waals surface area contributed by atoms with E-state index in [4.69, 9.17) is 26.1 Å². The predicted octanol–water partition coefficient (Wildman–Crippen LogP) is 7.73. The van der Waals surface area contributed by atoms with Crippen LogP contribution in [0, 0.1) is 0 Å². The van der Waals surface area contributed by atoms with Crippen LogP contribution in [-0.4, -0.2) is 35.7 Å². The third kappa shape index (κ3) is 8.12. The van der Waals surface area contributed by atoms with E-state index in [2.05, 4.69) is 28.1 Å². The van der Waals surface area contributed by atoms with Crippen LogP contribution in [0.1, 0.15) is 60.8 Å². The number of nitrogens with one attached hydrogen (secondary N) is 1. The van der Waals surface area contributed by atoms with Crippen LogP contribution in [-0.2, 0) is 13.0 Å². The number of hydrogen-bond acceptors (Lipinski definition) is 4. The number of para-hydroxylation sites is 2. The van der Waals surface area contributed by atoms with Crippen molar-refractivity contribution in [3.05, 3.63) is 94.8 Å². The van der Waals surface area contributed by atoms with Crippen molar-refractivity contribution >= 4 is 34.6 Å². The van der Waals surface area contributed by atoms with Crippen molar-refractivity contribution in [2.75, 3.05) is 20.3 Å². The largest absolute Gasteiger partial charge is 0.493 e. The Morgan fingerprint density at radius 2 is 1.85 bits per heavy atom. The summed E-state index contributed by atoms with van der Waals surface area (Å²) in [4.78, 5) is 17.2. The average Bonchev–Trinajstić information content (AvgIpc) is 3.32. The Kier molecular flexibility index (Phi) is 11.1. The minimum Gasteiger partial charge on any atom is -0.493 e. The molecule has 0 aliphatic carbocycles. The molecule has 0 atom stereocenters. The Bertz CT molecular complexity index is 1430. The number of imidazole rings is 1. The van der Waals surface area contributed by atoms with Crippen molar-refractivity contribution in [1.82, 2.24) is 14.9 Å². The normalized spacial score (nSPS) is 11.3. The molecule has 0 spiro atoms. The summed E-state index contributed by atoms with van der Waals surface area (Å²) in [5, 5.41) is 3.55. The molecule has 6 nitrogen and oxygen atoms in total. The van der Waals surface area contributed by atoms with Crippen LogP contribution < -0.4 is 14.8 Å². The molecule has 210 valence electrons. The molecular formula is C33H38ClN3O3. The number of fused-ring (bicyclic) bond motifs is 1. The SMILES string of the molecule is C/C=C/c1ccc(OCCCCn2c(CCCCCNC(=O)c3cccc(Cl)c3)nc3ccccc32)c(OC)c1. The van der Waals surface area contributed by atoms with Gasteiger partial charge in [0, 0.05) is 30.1 Å². The number of carbonyl (C=O) groups excluding carboxylic acids is 1. The van der Waals surface area contributed by atoms with E-state index < -0.39 is 0 Å². The van der Waals surface area contributed by atoms with Gasteiger partial charge in [0.25, 0.3) is 5.91 Å². The minimum atomic E-state index is -0.0858. The van der Waals surface area contributed by atoms with Gasteiger partial charge >= 0.3 is 0 Å². The zero-order chi connectivity index (χ0) is 28.2. The Morgan fingerprint density at radius 3 is 2.67 bits per heavy atom. The molecule has 1 heterocycles. The molecule has 0 bridgehead atoms. The van der Waals surface area contributed by atoms with Crippen LogP contribution in [0.5, 0.6) is 11.5 Å². The van der Waals surface area contributed by atoms with Crippen molar-refractivity contribution in [1.29, 1.82) is 0 Å². The van der Waals surface area contributed by atoms with Gasteiger partial charge in [-0.3, -0.25) is 4.79 Å². The van der Waals surface area contributed by atoms with Crippen molar-refractivity contribution in [2.45, 2.75) is 52.0 Å². The van der Waals surface area contributed by atoms with E-state index >= 15 is 0 Å². The second-order valence-electron chi connectivity index (χ2n) is 9.71. The molecule has 0 aliphatic heterocycles. The van der Waals surface area contributed by atoms with E-state index in [1.165, 1.54) is 5.52 Å². The lowest BCUT2D eigenvalue weighted by atomic mass is 10.1. The van der Waals surface area contributed by atoms with Crippen LogP contribution in [0.4, 0.5) is 0 Å². The lowest BCUT2D eigenvalue weighted by Gasteiger charge is -2.12. The van der Waals surface area contributed by atoms with Crippen LogP contribution in [0.3, 0.4) is 0 Å². The number of halogens is 1. The molecule has 0 saturated heterocycles. The summed E-state index contributed by atoms with van der Waals surface area (Å²) < 4.78 is 13.9. The van der Waals surface area contributed by atoms with Crippen LogP contribution in [0.2, 0.25) is 5.02 Å². The Hall–Kier alpha value is -3.77. The van der Waals surface area contributed by atoms with Crippen molar-refractivity contribution < 1.29 is 14.3 Å². The summed E-state index contributed by atoms with van der Waals surface area (Å²) in [5.74, 6) is 2.56. The smallest absolute Gasteiger partial charge is 0.251 e. The number of allylic oxidation sites excluding steroid dienone is 1. The van der Waals surface area contributed by atoms with Gasteiger partial charge in [0.15, 0.2) is 11.5 Å². The van der Waals surface area contributed by atoms with E-state index in [1.54, 1.807) is 31.4 Å². The number of unbranched alkanes of at least 4 members (excludes halogenated alkanes) is 3. The molecule has 4 rings (SSSR count). The monoisotopic (exact) mass is 559 g/mol. The van der Waals surface area contributed by atoms with E-state index in [0.717, 1.165) is 73.5 Å². The summed E-state index contributed by atoms with van der Waals surface area (Å²) in [6.45, 7) is 4.16.